The molecule has 1 atom stereocenters. The normalized spacial score (nSPS) is 18.7. The molecule has 0 radical (unpaired) electrons. The molecule has 0 bridgehead atoms. The Morgan fingerprint density at radius 1 is 1.39 bits per heavy atom. The molecule has 1 aromatic carbocycles. The van der Waals surface area contributed by atoms with Crippen molar-refractivity contribution in [3.8, 4) is 0 Å². The van der Waals surface area contributed by atoms with Gasteiger partial charge in [-0.3, -0.25) is 9.79 Å². The van der Waals surface area contributed by atoms with E-state index in [4.69, 9.17) is 0 Å². The Hall–Kier alpha value is -1.56. The Bertz CT molecular complexity index is 544. The molecule has 1 amide bonds. The molecule has 1 heterocycles. The number of anilines is 1. The number of benzene rings is 1. The van der Waals surface area contributed by atoms with E-state index < -0.39 is 0 Å². The average Bonchev–Trinajstić information content (AvgIpc) is 2.54. The van der Waals surface area contributed by atoms with E-state index >= 15 is 0 Å². The third-order valence-corrected chi connectivity index (χ3v) is 4.46. The van der Waals surface area contributed by atoms with Gasteiger partial charge < -0.3 is 15.5 Å². The zero-order valence-corrected chi connectivity index (χ0v) is 15.4. The highest BCUT2D eigenvalue weighted by Gasteiger charge is 2.19. The van der Waals surface area contributed by atoms with E-state index in [-0.39, 0.29) is 5.91 Å². The van der Waals surface area contributed by atoms with E-state index in [9.17, 15) is 4.79 Å². The zero-order chi connectivity index (χ0) is 16.7. The van der Waals surface area contributed by atoms with Crippen molar-refractivity contribution in [1.29, 1.82) is 0 Å². The van der Waals surface area contributed by atoms with Crippen LogP contribution in [0.2, 0.25) is 0 Å². The maximum atomic E-state index is 12.0. The SMILES string of the molecule is CN=C(NCCC(=O)Nc1ccc(Br)cc1)N1CCCC(C)C1. The molecule has 6 heteroatoms. The minimum Gasteiger partial charge on any atom is -0.356 e. The number of carbonyl (C=O) groups is 1. The van der Waals surface area contributed by atoms with Crippen molar-refractivity contribution in [2.24, 2.45) is 10.9 Å². The first-order valence-electron chi connectivity index (χ1n) is 8.09. The van der Waals surface area contributed by atoms with Gasteiger partial charge in [-0.25, -0.2) is 0 Å². The lowest BCUT2D eigenvalue weighted by Gasteiger charge is -2.33. The van der Waals surface area contributed by atoms with Crippen LogP contribution >= 0.6 is 15.9 Å². The smallest absolute Gasteiger partial charge is 0.226 e. The lowest BCUT2D eigenvalue weighted by Crippen LogP contribution is -2.46. The number of hydrogen-bond acceptors (Lipinski definition) is 2. The summed E-state index contributed by atoms with van der Waals surface area (Å²) in [5, 5.41) is 6.19. The summed E-state index contributed by atoms with van der Waals surface area (Å²) in [6.45, 7) is 4.92. The molecule has 2 N–H and O–H groups in total. The molecular formula is C17H25BrN4O. The predicted molar refractivity (Wildman–Crippen MR) is 98.7 cm³/mol. The summed E-state index contributed by atoms with van der Waals surface area (Å²) >= 11 is 3.38. The first-order valence-corrected chi connectivity index (χ1v) is 8.89. The minimum absolute atomic E-state index is 0.00212. The second kappa shape index (κ2) is 8.91. The maximum Gasteiger partial charge on any atom is 0.226 e. The number of nitrogens with one attached hydrogen (secondary N) is 2. The summed E-state index contributed by atoms with van der Waals surface area (Å²) in [5.41, 5.74) is 0.812. The molecular weight excluding hydrogens is 356 g/mol. The van der Waals surface area contributed by atoms with Crippen LogP contribution in [-0.4, -0.2) is 43.4 Å². The summed E-state index contributed by atoms with van der Waals surface area (Å²) in [4.78, 5) is 18.6. The fourth-order valence-corrected chi connectivity index (χ4v) is 3.02. The maximum absolute atomic E-state index is 12.0. The fourth-order valence-electron chi connectivity index (χ4n) is 2.76. The van der Waals surface area contributed by atoms with E-state index in [2.05, 4.69) is 43.4 Å². The van der Waals surface area contributed by atoms with Crippen LogP contribution in [0.25, 0.3) is 0 Å². The summed E-state index contributed by atoms with van der Waals surface area (Å²) in [7, 11) is 1.80. The van der Waals surface area contributed by atoms with Crippen molar-refractivity contribution < 1.29 is 4.79 Å². The molecule has 1 aliphatic rings. The molecule has 2 rings (SSSR count). The van der Waals surface area contributed by atoms with E-state index in [1.807, 2.05) is 24.3 Å². The molecule has 23 heavy (non-hydrogen) atoms. The van der Waals surface area contributed by atoms with Crippen LogP contribution < -0.4 is 10.6 Å². The number of likely N-dealkylation sites (tertiary alicyclic amines) is 1. The Kier molecular flexibility index (Phi) is 6.89. The van der Waals surface area contributed by atoms with Crippen LogP contribution in [-0.2, 0) is 4.79 Å². The molecule has 1 aromatic rings. The van der Waals surface area contributed by atoms with Crippen molar-refractivity contribution in [1.82, 2.24) is 10.2 Å². The quantitative estimate of drug-likeness (QED) is 0.623. The van der Waals surface area contributed by atoms with Crippen LogP contribution in [0, 0.1) is 5.92 Å². The van der Waals surface area contributed by atoms with Crippen molar-refractivity contribution in [3.63, 3.8) is 0 Å². The summed E-state index contributed by atoms with van der Waals surface area (Å²) in [5.74, 6) is 1.60. The number of rotatable bonds is 4. The number of guanidine groups is 1. The number of hydrogen-bond donors (Lipinski definition) is 2. The number of nitrogens with zero attached hydrogens (tertiary/aromatic N) is 2. The van der Waals surface area contributed by atoms with Gasteiger partial charge in [-0.05, 0) is 43.0 Å². The Balaban J connectivity index is 1.74. The van der Waals surface area contributed by atoms with E-state index in [0.717, 1.165) is 29.2 Å². The van der Waals surface area contributed by atoms with Crippen LogP contribution in [0.5, 0.6) is 0 Å². The second-order valence-electron chi connectivity index (χ2n) is 5.97. The van der Waals surface area contributed by atoms with E-state index in [1.165, 1.54) is 12.8 Å². The topological polar surface area (TPSA) is 56.7 Å². The van der Waals surface area contributed by atoms with Gasteiger partial charge >= 0.3 is 0 Å². The number of amides is 1. The summed E-state index contributed by atoms with van der Waals surface area (Å²) in [6.07, 6.45) is 2.90. The molecule has 0 saturated carbocycles. The Morgan fingerprint density at radius 2 is 2.13 bits per heavy atom. The second-order valence-corrected chi connectivity index (χ2v) is 6.89. The molecule has 1 aliphatic heterocycles. The molecule has 126 valence electrons. The predicted octanol–water partition coefficient (Wildman–Crippen LogP) is 3.09. The third-order valence-electron chi connectivity index (χ3n) is 3.93. The Labute approximate surface area is 146 Å². The van der Waals surface area contributed by atoms with Gasteiger partial charge in [0.15, 0.2) is 5.96 Å². The van der Waals surface area contributed by atoms with Gasteiger partial charge in [0.2, 0.25) is 5.91 Å². The van der Waals surface area contributed by atoms with Crippen molar-refractivity contribution in [2.45, 2.75) is 26.2 Å². The molecule has 0 aromatic heterocycles. The van der Waals surface area contributed by atoms with Crippen LogP contribution in [0.1, 0.15) is 26.2 Å². The van der Waals surface area contributed by atoms with Gasteiger partial charge in [0, 0.05) is 43.3 Å². The van der Waals surface area contributed by atoms with Gasteiger partial charge in [0.25, 0.3) is 0 Å². The number of halogens is 1. The minimum atomic E-state index is 0.00212. The van der Waals surface area contributed by atoms with Crippen molar-refractivity contribution >= 4 is 33.5 Å². The van der Waals surface area contributed by atoms with Crippen LogP contribution in [0.4, 0.5) is 5.69 Å². The molecule has 1 fully saturated rings. The zero-order valence-electron chi connectivity index (χ0n) is 13.8. The van der Waals surface area contributed by atoms with Gasteiger partial charge in [-0.2, -0.15) is 0 Å². The van der Waals surface area contributed by atoms with Crippen LogP contribution in [0.3, 0.4) is 0 Å². The van der Waals surface area contributed by atoms with Gasteiger partial charge in [0.05, 0.1) is 0 Å². The van der Waals surface area contributed by atoms with Crippen molar-refractivity contribution in [2.75, 3.05) is 32.0 Å². The Morgan fingerprint density at radius 3 is 2.78 bits per heavy atom. The van der Waals surface area contributed by atoms with Gasteiger partial charge in [-0.1, -0.05) is 22.9 Å². The summed E-state index contributed by atoms with van der Waals surface area (Å²) in [6, 6.07) is 7.58. The number of piperidine rings is 1. The van der Waals surface area contributed by atoms with Crippen LogP contribution in [0.15, 0.2) is 33.7 Å². The summed E-state index contributed by atoms with van der Waals surface area (Å²) < 4.78 is 0.997. The fraction of sp³-hybridized carbons (Fsp3) is 0.529. The standard InChI is InChI=1S/C17H25BrN4O/c1-13-4-3-11-22(12-13)17(19-2)20-10-9-16(23)21-15-7-5-14(18)6-8-15/h5-8,13H,3-4,9-12H2,1-2H3,(H,19,20)(H,21,23). The highest BCUT2D eigenvalue weighted by molar-refractivity contribution is 9.10. The largest absolute Gasteiger partial charge is 0.356 e. The van der Waals surface area contributed by atoms with Crippen molar-refractivity contribution in [3.05, 3.63) is 28.7 Å². The highest BCUT2D eigenvalue weighted by atomic mass is 79.9. The van der Waals surface area contributed by atoms with Gasteiger partial charge in [-0.15, -0.1) is 0 Å². The molecule has 1 saturated heterocycles. The molecule has 0 aliphatic carbocycles. The first kappa shape index (κ1) is 17.8. The molecule has 0 spiro atoms. The third kappa shape index (κ3) is 5.86. The van der Waals surface area contributed by atoms with Gasteiger partial charge in [0.1, 0.15) is 0 Å². The lowest BCUT2D eigenvalue weighted by atomic mass is 10.0. The monoisotopic (exact) mass is 380 g/mol. The van der Waals surface area contributed by atoms with E-state index in [0.29, 0.717) is 18.9 Å². The number of aliphatic imine (C=N–C) groups is 1. The number of carbonyl (C=O) groups excluding carboxylic acids is 1. The first-order chi connectivity index (χ1) is 11.1. The lowest BCUT2D eigenvalue weighted by molar-refractivity contribution is -0.116. The molecule has 5 nitrogen and oxygen atoms in total. The average molecular weight is 381 g/mol. The highest BCUT2D eigenvalue weighted by Crippen LogP contribution is 2.15. The molecule has 1 unspecified atom stereocenters. The van der Waals surface area contributed by atoms with E-state index in [1.54, 1.807) is 7.05 Å².